The Labute approximate surface area is 113 Å². The number of halogens is 1. The molecule has 0 aliphatic rings. The van der Waals surface area contributed by atoms with E-state index in [-0.39, 0.29) is 6.42 Å². The monoisotopic (exact) mass is 316 g/mol. The molecule has 1 aromatic rings. The van der Waals surface area contributed by atoms with Gasteiger partial charge in [-0.1, -0.05) is 15.9 Å². The van der Waals surface area contributed by atoms with Crippen molar-refractivity contribution in [2.45, 2.75) is 6.42 Å². The normalized spacial score (nSPS) is 11.7. The molecule has 0 aliphatic carbocycles. The highest BCUT2D eigenvalue weighted by atomic mass is 79.9. The smallest absolute Gasteiger partial charge is 0.320 e. The standard InChI is InChI=1S/C12H13BrO5/c1-17-8-3-4-10(13)7(5-8)6-9(11(14)15)12(16)18-2/h3-5,9H,6H2,1-2H3,(H,14,15). The number of methoxy groups -OCH3 is 2. The molecular formula is C12H13BrO5. The predicted molar refractivity (Wildman–Crippen MR) is 67.5 cm³/mol. The minimum atomic E-state index is -1.22. The van der Waals surface area contributed by atoms with E-state index >= 15 is 0 Å². The number of ether oxygens (including phenoxy) is 2. The Kier molecular flexibility index (Phi) is 5.15. The predicted octanol–water partition coefficient (Wildman–Crippen LogP) is 1.87. The van der Waals surface area contributed by atoms with Crippen LogP contribution in [0.3, 0.4) is 0 Å². The highest BCUT2D eigenvalue weighted by molar-refractivity contribution is 9.10. The highest BCUT2D eigenvalue weighted by Gasteiger charge is 2.28. The maximum atomic E-state index is 11.4. The summed E-state index contributed by atoms with van der Waals surface area (Å²) in [5.74, 6) is -2.60. The first kappa shape index (κ1) is 14.5. The molecule has 0 heterocycles. The van der Waals surface area contributed by atoms with Gasteiger partial charge in [0.15, 0.2) is 5.92 Å². The van der Waals surface area contributed by atoms with Gasteiger partial charge in [0.25, 0.3) is 0 Å². The summed E-state index contributed by atoms with van der Waals surface area (Å²) in [6.45, 7) is 0. The average Bonchev–Trinajstić information content (AvgIpc) is 2.36. The summed E-state index contributed by atoms with van der Waals surface area (Å²) in [4.78, 5) is 22.4. The molecule has 0 spiro atoms. The van der Waals surface area contributed by atoms with E-state index in [0.29, 0.717) is 11.3 Å². The molecule has 0 saturated heterocycles. The van der Waals surface area contributed by atoms with Crippen molar-refractivity contribution in [1.82, 2.24) is 0 Å². The maximum Gasteiger partial charge on any atom is 0.320 e. The van der Waals surface area contributed by atoms with Gasteiger partial charge in [0.05, 0.1) is 14.2 Å². The number of aliphatic carboxylic acids is 1. The summed E-state index contributed by atoms with van der Waals surface area (Å²) < 4.78 is 10.3. The summed E-state index contributed by atoms with van der Waals surface area (Å²) >= 11 is 3.31. The number of esters is 1. The van der Waals surface area contributed by atoms with Gasteiger partial charge < -0.3 is 14.6 Å². The fraction of sp³-hybridized carbons (Fsp3) is 0.333. The van der Waals surface area contributed by atoms with Crippen molar-refractivity contribution in [3.63, 3.8) is 0 Å². The molecule has 1 atom stereocenters. The van der Waals surface area contributed by atoms with Crippen LogP contribution in [-0.4, -0.2) is 31.3 Å². The van der Waals surface area contributed by atoms with Crippen molar-refractivity contribution >= 4 is 27.9 Å². The Balaban J connectivity index is 3.00. The quantitative estimate of drug-likeness (QED) is 0.663. The summed E-state index contributed by atoms with van der Waals surface area (Å²) in [6.07, 6.45) is 0.0415. The second kappa shape index (κ2) is 6.39. The van der Waals surface area contributed by atoms with Crippen molar-refractivity contribution in [3.05, 3.63) is 28.2 Å². The Bertz CT molecular complexity index is 458. The van der Waals surface area contributed by atoms with E-state index in [1.807, 2.05) is 0 Å². The van der Waals surface area contributed by atoms with Crippen LogP contribution in [0.15, 0.2) is 22.7 Å². The Morgan fingerprint density at radius 2 is 2.06 bits per heavy atom. The highest BCUT2D eigenvalue weighted by Crippen LogP contribution is 2.25. The number of carboxylic acids is 1. The zero-order chi connectivity index (χ0) is 13.7. The lowest BCUT2D eigenvalue weighted by atomic mass is 9.99. The van der Waals surface area contributed by atoms with Crippen LogP contribution in [-0.2, 0) is 20.7 Å². The van der Waals surface area contributed by atoms with Crippen molar-refractivity contribution in [3.8, 4) is 5.75 Å². The third-order valence-electron chi connectivity index (χ3n) is 2.46. The Morgan fingerprint density at radius 3 is 2.56 bits per heavy atom. The van der Waals surface area contributed by atoms with Crippen LogP contribution in [0, 0.1) is 5.92 Å². The van der Waals surface area contributed by atoms with Gasteiger partial charge in [-0.3, -0.25) is 9.59 Å². The summed E-state index contributed by atoms with van der Waals surface area (Å²) in [5, 5.41) is 9.01. The molecule has 0 fully saturated rings. The fourth-order valence-electron chi connectivity index (χ4n) is 1.47. The molecule has 5 nitrogen and oxygen atoms in total. The molecule has 6 heteroatoms. The summed E-state index contributed by atoms with van der Waals surface area (Å²) in [6, 6.07) is 5.16. The van der Waals surface area contributed by atoms with Gasteiger partial charge in [0.1, 0.15) is 5.75 Å². The SMILES string of the molecule is COC(=O)C(Cc1cc(OC)ccc1Br)C(=O)O. The minimum Gasteiger partial charge on any atom is -0.497 e. The topological polar surface area (TPSA) is 72.8 Å². The lowest BCUT2D eigenvalue weighted by Crippen LogP contribution is -2.27. The van der Waals surface area contributed by atoms with Crippen LogP contribution in [0.1, 0.15) is 5.56 Å². The number of carbonyl (C=O) groups is 2. The number of rotatable bonds is 5. The molecule has 0 aromatic heterocycles. The van der Waals surface area contributed by atoms with Crippen LogP contribution in [0.5, 0.6) is 5.75 Å². The first-order valence-corrected chi connectivity index (χ1v) is 5.92. The van der Waals surface area contributed by atoms with Crippen molar-refractivity contribution in [1.29, 1.82) is 0 Å². The van der Waals surface area contributed by atoms with Crippen LogP contribution in [0.25, 0.3) is 0 Å². The lowest BCUT2D eigenvalue weighted by molar-refractivity contribution is -0.156. The third kappa shape index (κ3) is 3.46. The molecule has 0 saturated carbocycles. The third-order valence-corrected chi connectivity index (χ3v) is 3.23. The molecule has 1 unspecified atom stereocenters. The number of benzene rings is 1. The molecule has 98 valence electrons. The zero-order valence-electron chi connectivity index (χ0n) is 9.97. The largest absolute Gasteiger partial charge is 0.497 e. The van der Waals surface area contributed by atoms with Gasteiger partial charge in [-0.05, 0) is 30.2 Å². The van der Waals surface area contributed by atoms with Crippen molar-refractivity contribution in [2.75, 3.05) is 14.2 Å². The van der Waals surface area contributed by atoms with Crippen LogP contribution >= 0.6 is 15.9 Å². The second-order valence-electron chi connectivity index (χ2n) is 3.58. The van der Waals surface area contributed by atoms with Gasteiger partial charge >= 0.3 is 11.9 Å². The molecule has 0 bridgehead atoms. The van der Waals surface area contributed by atoms with E-state index in [2.05, 4.69) is 20.7 Å². The zero-order valence-corrected chi connectivity index (χ0v) is 11.6. The maximum absolute atomic E-state index is 11.4. The number of carbonyl (C=O) groups excluding carboxylic acids is 1. The van der Waals surface area contributed by atoms with E-state index in [9.17, 15) is 9.59 Å². The second-order valence-corrected chi connectivity index (χ2v) is 4.43. The molecule has 18 heavy (non-hydrogen) atoms. The van der Waals surface area contributed by atoms with Crippen LogP contribution in [0.4, 0.5) is 0 Å². The van der Waals surface area contributed by atoms with Crippen LogP contribution in [0.2, 0.25) is 0 Å². The van der Waals surface area contributed by atoms with Gasteiger partial charge in [0.2, 0.25) is 0 Å². The van der Waals surface area contributed by atoms with Crippen LogP contribution < -0.4 is 4.74 Å². The van der Waals surface area contributed by atoms with Gasteiger partial charge in [-0.25, -0.2) is 0 Å². The van der Waals surface area contributed by atoms with E-state index in [1.54, 1.807) is 18.2 Å². The molecular weight excluding hydrogens is 304 g/mol. The van der Waals surface area contributed by atoms with Crippen molar-refractivity contribution in [2.24, 2.45) is 5.92 Å². The lowest BCUT2D eigenvalue weighted by Gasteiger charge is -2.12. The van der Waals surface area contributed by atoms with E-state index < -0.39 is 17.9 Å². The Morgan fingerprint density at radius 1 is 1.39 bits per heavy atom. The first-order valence-electron chi connectivity index (χ1n) is 5.12. The summed E-state index contributed by atoms with van der Waals surface area (Å²) in [7, 11) is 2.68. The van der Waals surface area contributed by atoms with Gasteiger partial charge in [0, 0.05) is 4.47 Å². The number of hydrogen-bond donors (Lipinski definition) is 1. The molecule has 0 radical (unpaired) electrons. The molecule has 1 rings (SSSR count). The number of hydrogen-bond acceptors (Lipinski definition) is 4. The van der Waals surface area contributed by atoms with Crippen molar-refractivity contribution < 1.29 is 24.2 Å². The summed E-state index contributed by atoms with van der Waals surface area (Å²) in [5.41, 5.74) is 0.673. The Hall–Kier alpha value is -1.56. The van der Waals surface area contributed by atoms with E-state index in [4.69, 9.17) is 9.84 Å². The fourth-order valence-corrected chi connectivity index (χ4v) is 1.88. The van der Waals surface area contributed by atoms with Gasteiger partial charge in [-0.15, -0.1) is 0 Å². The first-order chi connectivity index (χ1) is 8.49. The van der Waals surface area contributed by atoms with E-state index in [1.165, 1.54) is 14.2 Å². The molecule has 0 amide bonds. The molecule has 0 aliphatic heterocycles. The average molecular weight is 317 g/mol. The number of carboxylic acid groups (broad SMARTS) is 1. The van der Waals surface area contributed by atoms with E-state index in [0.717, 1.165) is 4.47 Å². The molecule has 1 N–H and O–H groups in total. The molecule has 1 aromatic carbocycles. The minimum absolute atomic E-state index is 0.0415. The van der Waals surface area contributed by atoms with Gasteiger partial charge in [-0.2, -0.15) is 0 Å².